The molecule has 0 spiro atoms. The van der Waals surface area contributed by atoms with E-state index >= 15 is 0 Å². The van der Waals surface area contributed by atoms with E-state index in [0.29, 0.717) is 39.0 Å². The summed E-state index contributed by atoms with van der Waals surface area (Å²) in [6.45, 7) is 5.36. The van der Waals surface area contributed by atoms with Crippen LogP contribution in [0.15, 0.2) is 48.5 Å². The van der Waals surface area contributed by atoms with Gasteiger partial charge in [0.2, 0.25) is 11.8 Å². The highest BCUT2D eigenvalue weighted by Crippen LogP contribution is 2.35. The van der Waals surface area contributed by atoms with E-state index in [1.807, 2.05) is 28.9 Å². The molecule has 0 N–H and O–H groups in total. The van der Waals surface area contributed by atoms with Crippen molar-refractivity contribution in [1.82, 2.24) is 14.7 Å². The topological polar surface area (TPSA) is 53.1 Å². The van der Waals surface area contributed by atoms with E-state index in [4.69, 9.17) is 4.74 Å². The fourth-order valence-corrected chi connectivity index (χ4v) is 4.98. The van der Waals surface area contributed by atoms with Gasteiger partial charge in [-0.25, -0.2) is 4.39 Å². The zero-order chi connectivity index (χ0) is 24.3. The van der Waals surface area contributed by atoms with Crippen LogP contribution in [0.4, 0.5) is 4.39 Å². The standard InChI is InChI=1S/C27H34FN3O3/c1-27(12-14-30(15-13-27)25(32)18-20-4-8-22(28)9-5-20)26(33)31-17-16-29(2)24(19-31)21-6-10-23(34-3)11-7-21/h4-11,24H,12-19H2,1-3H3. The molecule has 0 aliphatic carbocycles. The van der Waals surface area contributed by atoms with Gasteiger partial charge in [0.25, 0.3) is 0 Å². The zero-order valence-corrected chi connectivity index (χ0v) is 20.3. The van der Waals surface area contributed by atoms with Crippen LogP contribution >= 0.6 is 0 Å². The number of nitrogens with zero attached hydrogens (tertiary/aromatic N) is 3. The molecule has 2 fully saturated rings. The maximum absolute atomic E-state index is 13.6. The number of carbonyl (C=O) groups is 2. The summed E-state index contributed by atoms with van der Waals surface area (Å²) >= 11 is 0. The van der Waals surface area contributed by atoms with Gasteiger partial charge in [-0.2, -0.15) is 0 Å². The van der Waals surface area contributed by atoms with Crippen LogP contribution < -0.4 is 4.74 Å². The van der Waals surface area contributed by atoms with Gasteiger partial charge in [0.1, 0.15) is 11.6 Å². The molecule has 2 aliphatic rings. The summed E-state index contributed by atoms with van der Waals surface area (Å²) in [6.07, 6.45) is 1.56. The van der Waals surface area contributed by atoms with E-state index in [9.17, 15) is 14.0 Å². The molecular formula is C27H34FN3O3. The molecule has 2 aliphatic heterocycles. The molecule has 1 atom stereocenters. The number of likely N-dealkylation sites (N-methyl/N-ethyl adjacent to an activating group) is 1. The maximum Gasteiger partial charge on any atom is 0.228 e. The lowest BCUT2D eigenvalue weighted by Gasteiger charge is -2.45. The first-order valence-electron chi connectivity index (χ1n) is 11.9. The average molecular weight is 468 g/mol. The molecule has 6 nitrogen and oxygen atoms in total. The highest BCUT2D eigenvalue weighted by molar-refractivity contribution is 5.84. The first-order chi connectivity index (χ1) is 16.3. The van der Waals surface area contributed by atoms with Gasteiger partial charge in [-0.15, -0.1) is 0 Å². The Morgan fingerprint density at radius 3 is 2.24 bits per heavy atom. The third kappa shape index (κ3) is 5.25. The number of rotatable bonds is 5. The summed E-state index contributed by atoms with van der Waals surface area (Å²) in [5, 5.41) is 0. The second kappa shape index (κ2) is 10.1. The molecule has 2 aromatic carbocycles. The Hall–Kier alpha value is -2.93. The number of ether oxygens (including phenoxy) is 1. The number of benzene rings is 2. The Balaban J connectivity index is 1.36. The minimum absolute atomic E-state index is 0.0280. The van der Waals surface area contributed by atoms with Gasteiger partial charge in [-0.3, -0.25) is 14.5 Å². The van der Waals surface area contributed by atoms with Crippen LogP contribution in [0.25, 0.3) is 0 Å². The number of amides is 2. The molecule has 34 heavy (non-hydrogen) atoms. The molecule has 2 aromatic rings. The average Bonchev–Trinajstić information content (AvgIpc) is 2.86. The third-order valence-corrected chi connectivity index (χ3v) is 7.44. The Bertz CT molecular complexity index is 1000. The summed E-state index contributed by atoms with van der Waals surface area (Å²) in [5.74, 6) is 0.731. The smallest absolute Gasteiger partial charge is 0.228 e. The first kappa shape index (κ1) is 24.2. The van der Waals surface area contributed by atoms with E-state index in [2.05, 4.69) is 24.1 Å². The van der Waals surface area contributed by atoms with Crippen molar-refractivity contribution in [2.75, 3.05) is 46.9 Å². The first-order valence-corrected chi connectivity index (χ1v) is 11.9. The largest absolute Gasteiger partial charge is 0.497 e. The van der Waals surface area contributed by atoms with Crippen LogP contribution in [0.2, 0.25) is 0 Å². The second-order valence-corrected chi connectivity index (χ2v) is 9.77. The number of carbonyl (C=O) groups excluding carboxylic acids is 2. The Morgan fingerprint density at radius 2 is 1.62 bits per heavy atom. The highest BCUT2D eigenvalue weighted by Gasteiger charge is 2.42. The number of halogens is 1. The van der Waals surface area contributed by atoms with Gasteiger partial charge in [0.15, 0.2) is 0 Å². The van der Waals surface area contributed by atoms with Gasteiger partial charge in [0.05, 0.1) is 19.6 Å². The monoisotopic (exact) mass is 467 g/mol. The zero-order valence-electron chi connectivity index (χ0n) is 20.3. The van der Waals surface area contributed by atoms with Crippen LogP contribution in [0.1, 0.15) is 36.9 Å². The Labute approximate surface area is 201 Å². The van der Waals surface area contributed by atoms with Crippen LogP contribution in [0, 0.1) is 11.2 Å². The number of hydrogen-bond acceptors (Lipinski definition) is 4. The maximum atomic E-state index is 13.6. The van der Waals surface area contributed by atoms with Crippen LogP contribution in [-0.2, 0) is 16.0 Å². The SMILES string of the molecule is COc1ccc(C2CN(C(=O)C3(C)CCN(C(=O)Cc4ccc(F)cc4)CC3)CCN2C)cc1. The quantitative estimate of drug-likeness (QED) is 0.675. The molecule has 0 aromatic heterocycles. The van der Waals surface area contributed by atoms with Crippen LogP contribution in [0.3, 0.4) is 0 Å². The van der Waals surface area contributed by atoms with Gasteiger partial charge in [0, 0.05) is 38.1 Å². The molecule has 4 rings (SSSR count). The van der Waals surface area contributed by atoms with Crippen molar-refractivity contribution < 1.29 is 18.7 Å². The normalized spacial score (nSPS) is 20.8. The molecular weight excluding hydrogens is 433 g/mol. The molecule has 182 valence electrons. The molecule has 0 bridgehead atoms. The van der Waals surface area contributed by atoms with E-state index < -0.39 is 5.41 Å². The molecule has 0 saturated carbocycles. The third-order valence-electron chi connectivity index (χ3n) is 7.44. The number of piperazine rings is 1. The van der Waals surface area contributed by atoms with Gasteiger partial charge < -0.3 is 14.5 Å². The van der Waals surface area contributed by atoms with Crippen molar-refractivity contribution in [3.05, 3.63) is 65.5 Å². The van der Waals surface area contributed by atoms with Gasteiger partial charge >= 0.3 is 0 Å². The summed E-state index contributed by atoms with van der Waals surface area (Å²) in [7, 11) is 3.76. The Kier molecular flexibility index (Phi) is 7.22. The van der Waals surface area contributed by atoms with E-state index in [1.165, 1.54) is 17.7 Å². The van der Waals surface area contributed by atoms with E-state index in [-0.39, 0.29) is 30.1 Å². The number of methoxy groups -OCH3 is 1. The summed E-state index contributed by atoms with van der Waals surface area (Å²) in [4.78, 5) is 32.5. The summed E-state index contributed by atoms with van der Waals surface area (Å²) in [5.41, 5.74) is 1.51. The summed E-state index contributed by atoms with van der Waals surface area (Å²) < 4.78 is 18.4. The molecule has 0 radical (unpaired) electrons. The van der Waals surface area contributed by atoms with Crippen LogP contribution in [-0.4, -0.2) is 73.4 Å². The summed E-state index contributed by atoms with van der Waals surface area (Å²) in [6, 6.07) is 14.3. The molecule has 2 heterocycles. The lowest BCUT2D eigenvalue weighted by atomic mass is 9.78. The van der Waals surface area contributed by atoms with Gasteiger partial charge in [-0.05, 0) is 55.3 Å². The molecule has 2 saturated heterocycles. The predicted octanol–water partition coefficient (Wildman–Crippen LogP) is 3.52. The number of likely N-dealkylation sites (tertiary alicyclic amines) is 1. The number of piperidine rings is 1. The fraction of sp³-hybridized carbons (Fsp3) is 0.481. The van der Waals surface area contributed by atoms with Crippen molar-refractivity contribution in [2.24, 2.45) is 5.41 Å². The van der Waals surface area contributed by atoms with E-state index in [0.717, 1.165) is 17.9 Å². The number of hydrogen-bond donors (Lipinski definition) is 0. The van der Waals surface area contributed by atoms with Gasteiger partial charge in [-0.1, -0.05) is 31.2 Å². The Morgan fingerprint density at radius 1 is 0.971 bits per heavy atom. The molecule has 7 heteroatoms. The molecule has 1 unspecified atom stereocenters. The fourth-order valence-electron chi connectivity index (χ4n) is 4.98. The molecule has 2 amide bonds. The van der Waals surface area contributed by atoms with Crippen LogP contribution in [0.5, 0.6) is 5.75 Å². The minimum atomic E-state index is -0.465. The van der Waals surface area contributed by atoms with Crippen molar-refractivity contribution in [2.45, 2.75) is 32.2 Å². The van der Waals surface area contributed by atoms with E-state index in [1.54, 1.807) is 19.2 Å². The van der Waals surface area contributed by atoms with Crippen molar-refractivity contribution >= 4 is 11.8 Å². The van der Waals surface area contributed by atoms with Crippen molar-refractivity contribution in [1.29, 1.82) is 0 Å². The second-order valence-electron chi connectivity index (χ2n) is 9.77. The minimum Gasteiger partial charge on any atom is -0.497 e. The predicted molar refractivity (Wildman–Crippen MR) is 129 cm³/mol. The highest BCUT2D eigenvalue weighted by atomic mass is 19.1. The van der Waals surface area contributed by atoms with Crippen molar-refractivity contribution in [3.63, 3.8) is 0 Å². The van der Waals surface area contributed by atoms with Crippen molar-refractivity contribution in [3.8, 4) is 5.75 Å². The lowest BCUT2D eigenvalue weighted by Crippen LogP contribution is -2.55. The lowest BCUT2D eigenvalue weighted by molar-refractivity contribution is -0.149.